The summed E-state index contributed by atoms with van der Waals surface area (Å²) in [5.41, 5.74) is 1.21. The molecule has 0 unspecified atom stereocenters. The monoisotopic (exact) mass is 458 g/mol. The predicted molar refractivity (Wildman–Crippen MR) is 116 cm³/mol. The number of carbonyl (C=O) groups is 1. The lowest BCUT2D eigenvalue weighted by Gasteiger charge is -2.24. The number of imidazole rings is 1. The number of pyridine rings is 1. The number of methoxy groups -OCH3 is 2. The molecule has 2 aromatic heterocycles. The van der Waals surface area contributed by atoms with Crippen LogP contribution in [-0.4, -0.2) is 47.3 Å². The fourth-order valence-electron chi connectivity index (χ4n) is 4.75. The number of hydrogen-bond donors (Lipinski definition) is 1. The highest BCUT2D eigenvalue weighted by Crippen LogP contribution is 2.56. The van der Waals surface area contributed by atoms with Crippen molar-refractivity contribution in [1.29, 1.82) is 0 Å². The number of ether oxygens (including phenoxy) is 3. The van der Waals surface area contributed by atoms with Gasteiger partial charge < -0.3 is 19.5 Å². The Morgan fingerprint density at radius 3 is 2.61 bits per heavy atom. The Hall–Kier alpha value is -3.43. The van der Waals surface area contributed by atoms with E-state index in [-0.39, 0.29) is 23.2 Å². The van der Waals surface area contributed by atoms with Gasteiger partial charge in [0.15, 0.2) is 11.5 Å². The van der Waals surface area contributed by atoms with E-state index in [9.17, 15) is 13.6 Å². The molecule has 3 heterocycles. The van der Waals surface area contributed by atoms with Gasteiger partial charge in [-0.05, 0) is 44.0 Å². The third-order valence-electron chi connectivity index (χ3n) is 6.71. The zero-order chi connectivity index (χ0) is 23.3. The molecule has 174 valence electrons. The second-order valence-electron chi connectivity index (χ2n) is 8.48. The summed E-state index contributed by atoms with van der Waals surface area (Å²) in [5.74, 6) is 1.10. The van der Waals surface area contributed by atoms with Gasteiger partial charge in [-0.3, -0.25) is 9.36 Å². The summed E-state index contributed by atoms with van der Waals surface area (Å²) in [7, 11) is 3.07. The number of amides is 1. The van der Waals surface area contributed by atoms with Gasteiger partial charge in [0.1, 0.15) is 17.9 Å². The lowest BCUT2D eigenvalue weighted by Crippen LogP contribution is -2.32. The fraction of sp³-hybridized carbons (Fsp3) is 0.435. The Kier molecular flexibility index (Phi) is 5.10. The molecule has 10 heteroatoms. The van der Waals surface area contributed by atoms with Crippen LogP contribution >= 0.6 is 0 Å². The minimum absolute atomic E-state index is 0.0396. The first-order valence-corrected chi connectivity index (χ1v) is 10.7. The summed E-state index contributed by atoms with van der Waals surface area (Å²) in [6.07, 6.45) is 2.28. The quantitative estimate of drug-likeness (QED) is 0.580. The normalized spacial score (nSPS) is 19.7. The van der Waals surface area contributed by atoms with Gasteiger partial charge in [0, 0.05) is 18.0 Å². The molecular weight excluding hydrogens is 434 g/mol. The second-order valence-corrected chi connectivity index (χ2v) is 8.48. The minimum Gasteiger partial charge on any atom is -0.493 e. The Labute approximate surface area is 188 Å². The van der Waals surface area contributed by atoms with Gasteiger partial charge in [0.2, 0.25) is 11.8 Å². The summed E-state index contributed by atoms with van der Waals surface area (Å²) >= 11 is 0. The average molecular weight is 458 g/mol. The van der Waals surface area contributed by atoms with E-state index in [1.54, 1.807) is 31.4 Å². The topological polar surface area (TPSA) is 87.5 Å². The molecule has 3 aromatic rings. The van der Waals surface area contributed by atoms with Crippen LogP contribution in [0, 0.1) is 11.3 Å². The highest BCUT2D eigenvalue weighted by Gasteiger charge is 2.61. The molecule has 1 spiro atoms. The summed E-state index contributed by atoms with van der Waals surface area (Å²) in [6.45, 7) is -0.456. The Morgan fingerprint density at radius 2 is 1.94 bits per heavy atom. The Bertz CT molecular complexity index is 1220. The smallest absolute Gasteiger partial charge is 0.320 e. The highest BCUT2D eigenvalue weighted by molar-refractivity contribution is 5.88. The van der Waals surface area contributed by atoms with Crippen LogP contribution in [0.1, 0.15) is 26.3 Å². The van der Waals surface area contributed by atoms with Crippen LogP contribution in [-0.2, 0) is 4.79 Å². The first kappa shape index (κ1) is 21.4. The van der Waals surface area contributed by atoms with Crippen molar-refractivity contribution in [3.63, 3.8) is 0 Å². The van der Waals surface area contributed by atoms with E-state index in [1.807, 2.05) is 6.92 Å². The minimum atomic E-state index is -2.80. The number of fused-ring (bicyclic) bond motifs is 1. The molecule has 1 amide bonds. The first-order chi connectivity index (χ1) is 15.9. The number of nitrogens with zero attached hydrogens (tertiary/aromatic N) is 3. The average Bonchev–Trinajstić information content (AvgIpc) is 3.37. The van der Waals surface area contributed by atoms with E-state index in [0.717, 1.165) is 23.7 Å². The number of halogens is 2. The van der Waals surface area contributed by atoms with Crippen molar-refractivity contribution in [1.82, 2.24) is 19.9 Å². The van der Waals surface area contributed by atoms with Crippen molar-refractivity contribution in [2.24, 2.45) is 11.3 Å². The van der Waals surface area contributed by atoms with Crippen LogP contribution < -0.4 is 19.5 Å². The van der Waals surface area contributed by atoms with E-state index in [1.165, 1.54) is 7.11 Å². The van der Waals surface area contributed by atoms with Crippen LogP contribution in [0.3, 0.4) is 0 Å². The number of hydrogen-bond acceptors (Lipinski definition) is 6. The summed E-state index contributed by atoms with van der Waals surface area (Å²) < 4.78 is 45.0. The third-order valence-corrected chi connectivity index (χ3v) is 6.71. The van der Waals surface area contributed by atoms with Gasteiger partial charge in [-0.25, -0.2) is 9.97 Å². The molecule has 8 nitrogen and oxygen atoms in total. The lowest BCUT2D eigenvalue weighted by atomic mass is 9.88. The van der Waals surface area contributed by atoms with Gasteiger partial charge >= 0.3 is 6.55 Å². The fourth-order valence-corrected chi connectivity index (χ4v) is 4.75. The molecule has 1 aliphatic carbocycles. The number of aromatic nitrogens is 3. The molecule has 0 bridgehead atoms. The zero-order valence-corrected chi connectivity index (χ0v) is 18.5. The maximum atomic E-state index is 13.7. The van der Waals surface area contributed by atoms with E-state index < -0.39 is 18.1 Å². The maximum Gasteiger partial charge on any atom is 0.320 e. The Balaban J connectivity index is 1.57. The summed E-state index contributed by atoms with van der Waals surface area (Å²) in [4.78, 5) is 21.0. The number of nitrogens with one attached hydrogen (secondary N) is 1. The molecule has 2 aliphatic rings. The van der Waals surface area contributed by atoms with E-state index >= 15 is 0 Å². The van der Waals surface area contributed by atoms with Crippen LogP contribution in [0.15, 0.2) is 30.6 Å². The van der Waals surface area contributed by atoms with Crippen molar-refractivity contribution < 1.29 is 27.8 Å². The number of benzene rings is 1. The number of alkyl halides is 2. The van der Waals surface area contributed by atoms with Crippen LogP contribution in [0.4, 0.5) is 8.78 Å². The van der Waals surface area contributed by atoms with Crippen molar-refractivity contribution in [3.8, 4) is 28.6 Å². The third kappa shape index (κ3) is 3.44. The maximum absolute atomic E-state index is 13.7. The standard InChI is InChI=1S/C23H24F2N4O4/c1-12(14-10-26-21(30)23(14)6-7-23)33-20-19-16(27-11-29(19)22(24)25)9-15(28-20)13-4-5-17(31-2)18(8-13)32-3/h4-5,8-9,11-12,14,22H,6-7,10H2,1-3H3,(H,26,30)/t12-,14-/m1/s1. The van der Waals surface area contributed by atoms with Crippen LogP contribution in [0.2, 0.25) is 0 Å². The van der Waals surface area contributed by atoms with Crippen molar-refractivity contribution in [2.75, 3.05) is 20.8 Å². The lowest BCUT2D eigenvalue weighted by molar-refractivity contribution is -0.124. The molecule has 2 fully saturated rings. The van der Waals surface area contributed by atoms with Gasteiger partial charge in [-0.2, -0.15) is 8.78 Å². The van der Waals surface area contributed by atoms with Gasteiger partial charge in [0.25, 0.3) is 0 Å². The van der Waals surface area contributed by atoms with Gasteiger partial charge in [-0.1, -0.05) is 0 Å². The molecule has 1 saturated carbocycles. The molecule has 33 heavy (non-hydrogen) atoms. The van der Waals surface area contributed by atoms with Crippen LogP contribution in [0.25, 0.3) is 22.3 Å². The molecule has 1 saturated heterocycles. The molecular formula is C23H24F2N4O4. The van der Waals surface area contributed by atoms with E-state index in [4.69, 9.17) is 14.2 Å². The molecule has 1 N–H and O–H groups in total. The summed E-state index contributed by atoms with van der Waals surface area (Å²) in [5, 5.41) is 2.91. The second kappa shape index (κ2) is 7.86. The van der Waals surface area contributed by atoms with Crippen molar-refractivity contribution >= 4 is 16.9 Å². The van der Waals surface area contributed by atoms with Gasteiger partial charge in [-0.15, -0.1) is 0 Å². The molecule has 1 aliphatic heterocycles. The highest BCUT2D eigenvalue weighted by atomic mass is 19.3. The molecule has 2 atom stereocenters. The van der Waals surface area contributed by atoms with Crippen LogP contribution in [0.5, 0.6) is 17.4 Å². The van der Waals surface area contributed by atoms with E-state index in [0.29, 0.717) is 34.8 Å². The zero-order valence-electron chi connectivity index (χ0n) is 18.5. The largest absolute Gasteiger partial charge is 0.493 e. The van der Waals surface area contributed by atoms with Crippen molar-refractivity contribution in [3.05, 3.63) is 30.6 Å². The van der Waals surface area contributed by atoms with Gasteiger partial charge in [0.05, 0.1) is 30.8 Å². The molecule has 5 rings (SSSR count). The predicted octanol–water partition coefficient (Wildman–Crippen LogP) is 3.80. The van der Waals surface area contributed by atoms with E-state index in [2.05, 4.69) is 15.3 Å². The molecule has 1 aromatic carbocycles. The molecule has 0 radical (unpaired) electrons. The first-order valence-electron chi connectivity index (χ1n) is 10.7. The van der Waals surface area contributed by atoms with Crippen molar-refractivity contribution in [2.45, 2.75) is 32.4 Å². The number of rotatable bonds is 7. The SMILES string of the molecule is COc1ccc(-c2cc3ncn(C(F)F)c3c(O[C@H](C)[C@H]3CNC(=O)C34CC4)n2)cc1OC. The number of carbonyl (C=O) groups excluding carboxylic acids is 1. The Morgan fingerprint density at radius 1 is 1.18 bits per heavy atom. The summed E-state index contributed by atoms with van der Waals surface area (Å²) in [6, 6.07) is 6.93.